The van der Waals surface area contributed by atoms with Gasteiger partial charge < -0.3 is 29.8 Å². The maximum absolute atomic E-state index is 13.3. The van der Waals surface area contributed by atoms with Gasteiger partial charge in [-0.05, 0) is 34.9 Å². The molecule has 2 saturated heterocycles. The summed E-state index contributed by atoms with van der Waals surface area (Å²) in [5, 5.41) is 24.8. The van der Waals surface area contributed by atoms with Crippen LogP contribution in [0.3, 0.4) is 0 Å². The van der Waals surface area contributed by atoms with Crippen molar-refractivity contribution in [2.45, 2.75) is 55.6 Å². The Hall–Kier alpha value is -4.75. The number of thioether (sulfide) groups is 1. The Morgan fingerprint density at radius 3 is 2.51 bits per heavy atom. The van der Waals surface area contributed by atoms with Crippen LogP contribution >= 0.6 is 11.8 Å². The Labute approximate surface area is 275 Å². The first kappa shape index (κ1) is 32.2. The number of alkyl carbamates (subject to hydrolysis) is 1. The summed E-state index contributed by atoms with van der Waals surface area (Å²) in [7, 11) is 0. The Kier molecular flexibility index (Phi) is 10.1. The number of benzene rings is 3. The summed E-state index contributed by atoms with van der Waals surface area (Å²) in [6.07, 6.45) is -0.552. The maximum Gasteiger partial charge on any atom is 0.408 e. The van der Waals surface area contributed by atoms with E-state index in [1.165, 1.54) is 18.0 Å². The van der Waals surface area contributed by atoms with Crippen molar-refractivity contribution >= 4 is 35.4 Å². The first-order chi connectivity index (χ1) is 22.9. The molecule has 47 heavy (non-hydrogen) atoms. The van der Waals surface area contributed by atoms with Crippen LogP contribution in [-0.4, -0.2) is 40.9 Å². The van der Waals surface area contributed by atoms with Gasteiger partial charge in [-0.25, -0.2) is 9.69 Å². The van der Waals surface area contributed by atoms with Crippen molar-refractivity contribution < 1.29 is 38.4 Å². The number of pyridine rings is 1. The number of rotatable bonds is 10. The van der Waals surface area contributed by atoms with Crippen molar-refractivity contribution in [1.82, 2.24) is 5.32 Å². The molecule has 2 N–H and O–H groups in total. The molecular weight excluding hydrogens is 622 g/mol. The SMILES string of the molecule is O=C(NC1CC(=O)N(c2cccc(C3OC(CSc4cccc[n+]4[O-])CC(c4ccc(CO)cc4)O3)c2)C1=O)OCc1ccccc1. The van der Waals surface area contributed by atoms with E-state index in [-0.39, 0.29) is 31.8 Å². The molecule has 0 radical (unpaired) electrons. The van der Waals surface area contributed by atoms with Crippen LogP contribution in [-0.2, 0) is 37.0 Å². The molecule has 3 aromatic carbocycles. The van der Waals surface area contributed by atoms with E-state index in [4.69, 9.17) is 14.2 Å². The quantitative estimate of drug-likeness (QED) is 0.108. The number of imide groups is 1. The Morgan fingerprint density at radius 1 is 0.957 bits per heavy atom. The molecule has 0 bridgehead atoms. The van der Waals surface area contributed by atoms with Crippen LogP contribution < -0.4 is 14.9 Å². The average molecular weight is 656 g/mol. The van der Waals surface area contributed by atoms with Crippen LogP contribution in [0.5, 0.6) is 0 Å². The van der Waals surface area contributed by atoms with Crippen LogP contribution in [0.1, 0.15) is 47.5 Å². The number of hydrogen-bond acceptors (Lipinski definition) is 9. The molecule has 2 fully saturated rings. The predicted molar refractivity (Wildman–Crippen MR) is 172 cm³/mol. The van der Waals surface area contributed by atoms with Crippen LogP contribution in [0.25, 0.3) is 0 Å². The maximum atomic E-state index is 13.3. The number of aromatic nitrogens is 1. The van der Waals surface area contributed by atoms with Gasteiger partial charge >= 0.3 is 6.09 Å². The molecule has 0 spiro atoms. The second-order valence-corrected chi connectivity index (χ2v) is 12.2. The first-order valence-corrected chi connectivity index (χ1v) is 16.1. The average Bonchev–Trinajstić information content (AvgIpc) is 3.38. The molecule has 2 aliphatic rings. The summed E-state index contributed by atoms with van der Waals surface area (Å²) in [5.41, 5.74) is 3.38. The van der Waals surface area contributed by atoms with Crippen molar-refractivity contribution in [1.29, 1.82) is 0 Å². The van der Waals surface area contributed by atoms with Crippen molar-refractivity contribution in [3.8, 4) is 0 Å². The molecule has 4 atom stereocenters. The Morgan fingerprint density at radius 2 is 1.74 bits per heavy atom. The third-order valence-electron chi connectivity index (χ3n) is 7.87. The molecule has 11 nitrogen and oxygen atoms in total. The predicted octanol–water partition coefficient (Wildman–Crippen LogP) is 4.71. The lowest BCUT2D eigenvalue weighted by Crippen LogP contribution is -2.42. The van der Waals surface area contributed by atoms with Gasteiger partial charge in [-0.2, -0.15) is 4.73 Å². The highest BCUT2D eigenvalue weighted by atomic mass is 32.2. The number of aliphatic hydroxyl groups is 1. The second kappa shape index (κ2) is 14.8. The highest BCUT2D eigenvalue weighted by Gasteiger charge is 2.41. The van der Waals surface area contributed by atoms with Crippen molar-refractivity contribution in [3.63, 3.8) is 0 Å². The molecule has 0 saturated carbocycles. The molecule has 2 aliphatic heterocycles. The fourth-order valence-electron chi connectivity index (χ4n) is 5.46. The largest absolute Gasteiger partial charge is 0.618 e. The molecule has 6 rings (SSSR count). The molecule has 0 aliphatic carbocycles. The second-order valence-electron chi connectivity index (χ2n) is 11.2. The number of anilines is 1. The molecule has 1 aromatic heterocycles. The first-order valence-electron chi connectivity index (χ1n) is 15.1. The van der Waals surface area contributed by atoms with Gasteiger partial charge in [0.2, 0.25) is 5.91 Å². The van der Waals surface area contributed by atoms with Gasteiger partial charge in [0, 0.05) is 29.9 Å². The molecule has 3 heterocycles. The van der Waals surface area contributed by atoms with Gasteiger partial charge in [0.1, 0.15) is 12.6 Å². The number of amides is 3. The van der Waals surface area contributed by atoms with E-state index in [1.54, 1.807) is 42.5 Å². The fraction of sp³-hybridized carbons (Fsp3) is 0.257. The van der Waals surface area contributed by atoms with Gasteiger partial charge in [-0.1, -0.05) is 78.5 Å². The normalized spacial score (nSPS) is 21.1. The van der Waals surface area contributed by atoms with Crippen molar-refractivity contribution in [2.24, 2.45) is 0 Å². The van der Waals surface area contributed by atoms with Crippen LogP contribution in [0.15, 0.2) is 108 Å². The van der Waals surface area contributed by atoms with Gasteiger partial charge in [-0.3, -0.25) is 9.59 Å². The summed E-state index contributed by atoms with van der Waals surface area (Å²) < 4.78 is 18.9. The minimum Gasteiger partial charge on any atom is -0.618 e. The number of aliphatic hydroxyl groups excluding tert-OH is 1. The zero-order valence-electron chi connectivity index (χ0n) is 25.3. The third-order valence-corrected chi connectivity index (χ3v) is 9.02. The van der Waals surface area contributed by atoms with Gasteiger partial charge in [-0.15, -0.1) is 0 Å². The van der Waals surface area contributed by atoms with E-state index < -0.39 is 30.2 Å². The lowest BCUT2D eigenvalue weighted by Gasteiger charge is -2.36. The van der Waals surface area contributed by atoms with Crippen LogP contribution in [0, 0.1) is 5.21 Å². The van der Waals surface area contributed by atoms with E-state index in [0.29, 0.717) is 28.5 Å². The minimum absolute atomic E-state index is 0.0307. The lowest BCUT2D eigenvalue weighted by molar-refractivity contribution is -0.645. The van der Waals surface area contributed by atoms with E-state index >= 15 is 0 Å². The topological polar surface area (TPSA) is 141 Å². The summed E-state index contributed by atoms with van der Waals surface area (Å²) >= 11 is 1.38. The summed E-state index contributed by atoms with van der Waals surface area (Å²) in [6.45, 7) is -0.0436. The fourth-order valence-corrected chi connectivity index (χ4v) is 6.39. The summed E-state index contributed by atoms with van der Waals surface area (Å²) in [6, 6.07) is 27.6. The van der Waals surface area contributed by atoms with E-state index in [2.05, 4.69) is 5.32 Å². The van der Waals surface area contributed by atoms with Crippen molar-refractivity contribution in [2.75, 3.05) is 10.7 Å². The van der Waals surface area contributed by atoms with Gasteiger partial charge in [0.25, 0.3) is 10.9 Å². The molecule has 4 unspecified atom stereocenters. The number of ether oxygens (including phenoxy) is 3. The number of nitrogens with zero attached hydrogens (tertiary/aromatic N) is 2. The minimum atomic E-state index is -1.06. The highest BCUT2D eigenvalue weighted by molar-refractivity contribution is 7.99. The van der Waals surface area contributed by atoms with E-state index in [1.807, 2.05) is 54.6 Å². The lowest BCUT2D eigenvalue weighted by atomic mass is 10.0. The molecule has 12 heteroatoms. The summed E-state index contributed by atoms with van der Waals surface area (Å²) in [5.74, 6) is -0.552. The third kappa shape index (κ3) is 7.80. The molecule has 242 valence electrons. The van der Waals surface area contributed by atoms with Crippen LogP contribution in [0.4, 0.5) is 10.5 Å². The number of hydrogen-bond donors (Lipinski definition) is 2. The highest BCUT2D eigenvalue weighted by Crippen LogP contribution is 2.40. The molecular formula is C35H33N3O8S. The Balaban J connectivity index is 1.17. The Bertz CT molecular complexity index is 1720. The summed E-state index contributed by atoms with van der Waals surface area (Å²) in [4.78, 5) is 39.8. The van der Waals surface area contributed by atoms with Crippen LogP contribution in [0.2, 0.25) is 0 Å². The zero-order valence-corrected chi connectivity index (χ0v) is 26.1. The number of nitrogens with one attached hydrogen (secondary N) is 1. The zero-order chi connectivity index (χ0) is 32.8. The molecule has 3 amide bonds. The van der Waals surface area contributed by atoms with Crippen molar-refractivity contribution in [3.05, 3.63) is 131 Å². The van der Waals surface area contributed by atoms with Gasteiger partial charge in [0.05, 0.1) is 30.9 Å². The van der Waals surface area contributed by atoms with Gasteiger partial charge in [0.15, 0.2) is 12.5 Å². The number of carbonyl (C=O) groups is 3. The monoisotopic (exact) mass is 655 g/mol. The van der Waals surface area contributed by atoms with E-state index in [9.17, 15) is 24.7 Å². The standard InChI is InChI=1S/C35H33N3O8S/c39-20-23-12-14-25(15-13-23)30-18-28(22-47-32-11-4-5-16-37(32)43)45-34(46-30)26-9-6-10-27(17-26)38-31(40)19-29(33(38)41)36-35(42)44-21-24-7-2-1-3-8-24/h1-17,28-30,34,39H,18-22H2,(H,36,42). The van der Waals surface area contributed by atoms with E-state index in [0.717, 1.165) is 26.3 Å². The number of carbonyl (C=O) groups excluding carboxylic acids is 3. The molecule has 4 aromatic rings. The smallest absolute Gasteiger partial charge is 0.408 e.